The maximum atomic E-state index is 12.0. The largest absolute Gasteiger partial charge is 0.329 e. The summed E-state index contributed by atoms with van der Waals surface area (Å²) < 4.78 is 28.1. The zero-order chi connectivity index (χ0) is 13.7. The van der Waals surface area contributed by atoms with E-state index in [2.05, 4.69) is 9.82 Å². The number of hydrogen-bond donors (Lipinski definition) is 2. The number of nitrogens with zero attached hydrogens (tertiary/aromatic N) is 2. The van der Waals surface area contributed by atoms with E-state index >= 15 is 0 Å². The second-order valence-electron chi connectivity index (χ2n) is 3.95. The minimum absolute atomic E-state index is 0.173. The number of rotatable bonds is 7. The molecule has 19 heavy (non-hydrogen) atoms. The predicted molar refractivity (Wildman–Crippen MR) is 74.5 cm³/mol. The predicted octanol–water partition coefficient (Wildman–Crippen LogP) is 0.424. The van der Waals surface area contributed by atoms with Crippen molar-refractivity contribution in [1.82, 2.24) is 14.5 Å². The van der Waals surface area contributed by atoms with E-state index < -0.39 is 10.0 Å². The summed E-state index contributed by atoms with van der Waals surface area (Å²) in [6.45, 7) is 1.31. The van der Waals surface area contributed by atoms with Crippen LogP contribution in [0.5, 0.6) is 0 Å². The van der Waals surface area contributed by atoms with Gasteiger partial charge in [0.25, 0.3) is 0 Å². The molecule has 0 atom stereocenters. The number of aromatic nitrogens is 2. The van der Waals surface area contributed by atoms with E-state index in [-0.39, 0.29) is 4.90 Å². The average molecular weight is 300 g/mol. The van der Waals surface area contributed by atoms with Crippen LogP contribution in [0.2, 0.25) is 0 Å². The molecule has 0 spiro atoms. The topological polar surface area (TPSA) is 90.0 Å². The van der Waals surface area contributed by atoms with E-state index in [0.29, 0.717) is 26.1 Å². The smallest absolute Gasteiger partial charge is 0.243 e. The Balaban J connectivity index is 1.93. The van der Waals surface area contributed by atoms with E-state index in [9.17, 15) is 8.42 Å². The van der Waals surface area contributed by atoms with Gasteiger partial charge in [0.1, 0.15) is 4.90 Å². The molecule has 2 aromatic heterocycles. The zero-order valence-electron chi connectivity index (χ0n) is 10.3. The molecule has 0 aromatic carbocycles. The van der Waals surface area contributed by atoms with Crippen molar-refractivity contribution in [3.63, 3.8) is 0 Å². The van der Waals surface area contributed by atoms with Crippen LogP contribution in [0.25, 0.3) is 0 Å². The van der Waals surface area contributed by atoms with Gasteiger partial charge < -0.3 is 5.73 Å². The third kappa shape index (κ3) is 3.87. The van der Waals surface area contributed by atoms with Gasteiger partial charge in [-0.3, -0.25) is 4.68 Å². The molecule has 0 aliphatic rings. The fourth-order valence-electron chi connectivity index (χ4n) is 1.58. The van der Waals surface area contributed by atoms with Gasteiger partial charge in [-0.05, 0) is 17.9 Å². The molecule has 0 saturated carbocycles. The Labute approximate surface area is 116 Å². The molecular weight excluding hydrogens is 284 g/mol. The minimum atomic E-state index is -3.48. The lowest BCUT2D eigenvalue weighted by atomic mass is 10.3. The molecule has 8 heteroatoms. The zero-order valence-corrected chi connectivity index (χ0v) is 12.0. The van der Waals surface area contributed by atoms with Crippen molar-refractivity contribution in [1.29, 1.82) is 0 Å². The molecular formula is C11H16N4O2S2. The Morgan fingerprint density at radius 1 is 1.47 bits per heavy atom. The van der Waals surface area contributed by atoms with Crippen LogP contribution in [0.4, 0.5) is 0 Å². The van der Waals surface area contributed by atoms with Crippen molar-refractivity contribution in [2.75, 3.05) is 13.1 Å². The first-order valence-corrected chi connectivity index (χ1v) is 8.22. The van der Waals surface area contributed by atoms with Crippen molar-refractivity contribution in [3.8, 4) is 0 Å². The minimum Gasteiger partial charge on any atom is -0.329 e. The van der Waals surface area contributed by atoms with Gasteiger partial charge >= 0.3 is 0 Å². The first-order chi connectivity index (χ1) is 9.12. The van der Waals surface area contributed by atoms with Gasteiger partial charge in [-0.1, -0.05) is 6.07 Å². The summed E-state index contributed by atoms with van der Waals surface area (Å²) in [5, 5.41) is 5.92. The van der Waals surface area contributed by atoms with E-state index in [1.165, 1.54) is 17.1 Å². The summed E-state index contributed by atoms with van der Waals surface area (Å²) in [5.41, 5.74) is 5.39. The Hall–Kier alpha value is -1.22. The van der Waals surface area contributed by atoms with Crippen LogP contribution in [-0.2, 0) is 23.0 Å². The van der Waals surface area contributed by atoms with E-state index in [1.54, 1.807) is 11.3 Å². The van der Waals surface area contributed by atoms with E-state index in [1.807, 2.05) is 17.5 Å². The van der Waals surface area contributed by atoms with Crippen molar-refractivity contribution < 1.29 is 8.42 Å². The molecule has 3 N–H and O–H groups in total. The second kappa shape index (κ2) is 6.29. The van der Waals surface area contributed by atoms with Crippen LogP contribution >= 0.6 is 11.3 Å². The summed E-state index contributed by atoms with van der Waals surface area (Å²) in [4.78, 5) is 1.33. The lowest BCUT2D eigenvalue weighted by Crippen LogP contribution is -2.25. The Bertz CT molecular complexity index is 604. The highest BCUT2D eigenvalue weighted by Crippen LogP contribution is 2.10. The third-order valence-corrected chi connectivity index (χ3v) is 4.87. The van der Waals surface area contributed by atoms with Crippen molar-refractivity contribution in [2.45, 2.75) is 17.9 Å². The monoisotopic (exact) mass is 300 g/mol. The lowest BCUT2D eigenvalue weighted by molar-refractivity contribution is 0.581. The quantitative estimate of drug-likeness (QED) is 0.775. The highest BCUT2D eigenvalue weighted by atomic mass is 32.2. The fourth-order valence-corrected chi connectivity index (χ4v) is 3.28. The summed E-state index contributed by atoms with van der Waals surface area (Å²) >= 11 is 1.61. The van der Waals surface area contributed by atoms with E-state index in [0.717, 1.165) is 4.88 Å². The SMILES string of the molecule is NCCn1cc(S(=O)(=O)NCCc2cccs2)cn1. The highest BCUT2D eigenvalue weighted by molar-refractivity contribution is 7.89. The van der Waals surface area contributed by atoms with Crippen LogP contribution in [0.1, 0.15) is 4.88 Å². The number of nitrogens with one attached hydrogen (secondary N) is 1. The van der Waals surface area contributed by atoms with Gasteiger partial charge in [-0.15, -0.1) is 11.3 Å². The van der Waals surface area contributed by atoms with Gasteiger partial charge in [0.15, 0.2) is 0 Å². The number of nitrogens with two attached hydrogens (primary N) is 1. The molecule has 0 unspecified atom stereocenters. The number of hydrogen-bond acceptors (Lipinski definition) is 5. The molecule has 2 heterocycles. The molecule has 2 aromatic rings. The first-order valence-electron chi connectivity index (χ1n) is 5.86. The Morgan fingerprint density at radius 3 is 3.00 bits per heavy atom. The van der Waals surface area contributed by atoms with E-state index in [4.69, 9.17) is 5.73 Å². The lowest BCUT2D eigenvalue weighted by Gasteiger charge is -2.03. The van der Waals surface area contributed by atoms with Gasteiger partial charge in [0, 0.05) is 24.2 Å². The molecule has 104 valence electrons. The Kier molecular flexibility index (Phi) is 4.70. The van der Waals surface area contributed by atoms with Crippen LogP contribution in [0, 0.1) is 0 Å². The average Bonchev–Trinajstić information content (AvgIpc) is 3.00. The summed E-state index contributed by atoms with van der Waals surface area (Å²) in [6, 6.07) is 3.93. The number of thiophene rings is 1. The van der Waals surface area contributed by atoms with Gasteiger partial charge in [0.2, 0.25) is 10.0 Å². The molecule has 6 nitrogen and oxygen atoms in total. The van der Waals surface area contributed by atoms with Crippen LogP contribution in [0.3, 0.4) is 0 Å². The summed E-state index contributed by atoms with van der Waals surface area (Å²) in [7, 11) is -3.48. The van der Waals surface area contributed by atoms with Crippen LogP contribution in [0.15, 0.2) is 34.8 Å². The highest BCUT2D eigenvalue weighted by Gasteiger charge is 2.15. The third-order valence-electron chi connectivity index (χ3n) is 2.52. The fraction of sp³-hybridized carbons (Fsp3) is 0.364. The molecule has 0 saturated heterocycles. The molecule has 0 aliphatic carbocycles. The number of sulfonamides is 1. The van der Waals surface area contributed by atoms with Gasteiger partial charge in [-0.2, -0.15) is 5.10 Å². The Morgan fingerprint density at radius 2 is 2.32 bits per heavy atom. The second-order valence-corrected chi connectivity index (χ2v) is 6.75. The molecule has 2 rings (SSSR count). The molecule has 0 radical (unpaired) electrons. The van der Waals surface area contributed by atoms with Gasteiger partial charge in [-0.25, -0.2) is 13.1 Å². The van der Waals surface area contributed by atoms with Gasteiger partial charge in [0.05, 0.1) is 12.7 Å². The van der Waals surface area contributed by atoms with Crippen LogP contribution < -0.4 is 10.5 Å². The standard InChI is InChI=1S/C11H16N4O2S2/c12-4-6-15-9-11(8-13-15)19(16,17)14-5-3-10-2-1-7-18-10/h1-2,7-9,14H,3-6,12H2. The summed E-state index contributed by atoms with van der Waals surface area (Å²) in [6.07, 6.45) is 3.51. The summed E-state index contributed by atoms with van der Waals surface area (Å²) in [5.74, 6) is 0. The van der Waals surface area contributed by atoms with Crippen LogP contribution in [-0.4, -0.2) is 31.3 Å². The molecule has 0 aliphatic heterocycles. The maximum absolute atomic E-state index is 12.0. The maximum Gasteiger partial charge on any atom is 0.243 e. The van der Waals surface area contributed by atoms with Crippen molar-refractivity contribution in [2.24, 2.45) is 5.73 Å². The molecule has 0 bridgehead atoms. The van der Waals surface area contributed by atoms with Crippen molar-refractivity contribution in [3.05, 3.63) is 34.8 Å². The van der Waals surface area contributed by atoms with Crippen molar-refractivity contribution >= 4 is 21.4 Å². The molecule has 0 fully saturated rings. The molecule has 0 amide bonds. The normalized spacial score (nSPS) is 11.8. The first kappa shape index (κ1) is 14.2.